The highest BCUT2D eigenvalue weighted by molar-refractivity contribution is 5.86. The molecule has 0 amide bonds. The number of benzene rings is 1. The number of aromatic nitrogens is 2. The Bertz CT molecular complexity index is 585. The number of carbonyl (C=O) groups is 1. The smallest absolute Gasteiger partial charge is 0.353 e. The van der Waals surface area contributed by atoms with Gasteiger partial charge in [-0.1, -0.05) is 24.3 Å². The van der Waals surface area contributed by atoms with Crippen LogP contribution in [0.3, 0.4) is 0 Å². The van der Waals surface area contributed by atoms with Crippen LogP contribution in [0.4, 0.5) is 0 Å². The predicted octanol–water partition coefficient (Wildman–Crippen LogP) is 1.82. The maximum absolute atomic E-state index is 10.8. The number of aromatic carboxylic acids is 1. The molecule has 1 aromatic heterocycles. The molecular formula is C13H12N2O4. The molecule has 1 aliphatic heterocycles. The van der Waals surface area contributed by atoms with E-state index in [1.165, 1.54) is 6.07 Å². The van der Waals surface area contributed by atoms with Crippen LogP contribution in [0.5, 0.6) is 0 Å². The van der Waals surface area contributed by atoms with Gasteiger partial charge in [-0.2, -0.15) is 5.10 Å². The summed E-state index contributed by atoms with van der Waals surface area (Å²) >= 11 is 0. The second-order valence-corrected chi connectivity index (χ2v) is 4.17. The summed E-state index contributed by atoms with van der Waals surface area (Å²) in [7, 11) is 0. The number of H-pyrrole nitrogens is 1. The van der Waals surface area contributed by atoms with Crippen molar-refractivity contribution in [3.63, 3.8) is 0 Å². The average Bonchev–Trinajstić information content (AvgIpc) is 3.11. The molecule has 2 aromatic rings. The Morgan fingerprint density at radius 3 is 2.53 bits per heavy atom. The van der Waals surface area contributed by atoms with Gasteiger partial charge in [0.05, 0.1) is 18.9 Å². The van der Waals surface area contributed by atoms with Crippen LogP contribution < -0.4 is 0 Å². The molecule has 0 spiro atoms. The average molecular weight is 260 g/mol. The summed E-state index contributed by atoms with van der Waals surface area (Å²) in [5.41, 5.74) is 2.44. The topological polar surface area (TPSA) is 84.4 Å². The van der Waals surface area contributed by atoms with Gasteiger partial charge in [0.25, 0.3) is 0 Å². The molecule has 0 radical (unpaired) electrons. The van der Waals surface area contributed by atoms with Gasteiger partial charge < -0.3 is 14.6 Å². The fourth-order valence-electron chi connectivity index (χ4n) is 1.94. The minimum Gasteiger partial charge on any atom is -0.477 e. The molecule has 3 rings (SSSR count). The molecule has 1 aromatic carbocycles. The Morgan fingerprint density at radius 1 is 1.26 bits per heavy atom. The first-order chi connectivity index (χ1) is 9.24. The number of hydrogen-bond donors (Lipinski definition) is 2. The molecule has 0 saturated carbocycles. The molecule has 0 unspecified atom stereocenters. The molecule has 0 aliphatic carbocycles. The molecule has 98 valence electrons. The van der Waals surface area contributed by atoms with Gasteiger partial charge in [-0.15, -0.1) is 0 Å². The Morgan fingerprint density at radius 2 is 1.95 bits per heavy atom. The SMILES string of the molecule is O=C(O)c1cc(-c2ccc(C3OCCO3)cc2)n[nH]1. The molecule has 6 heteroatoms. The van der Waals surface area contributed by atoms with Gasteiger partial charge in [0.2, 0.25) is 0 Å². The van der Waals surface area contributed by atoms with Crippen molar-refractivity contribution >= 4 is 5.97 Å². The van der Waals surface area contributed by atoms with Crippen LogP contribution in [0, 0.1) is 0 Å². The van der Waals surface area contributed by atoms with E-state index in [0.717, 1.165) is 11.1 Å². The number of carboxylic acids is 1. The van der Waals surface area contributed by atoms with Gasteiger partial charge in [-0.05, 0) is 6.07 Å². The van der Waals surface area contributed by atoms with E-state index in [4.69, 9.17) is 14.6 Å². The van der Waals surface area contributed by atoms with Crippen LogP contribution in [-0.4, -0.2) is 34.5 Å². The molecule has 1 saturated heterocycles. The van der Waals surface area contributed by atoms with Crippen molar-refractivity contribution in [2.75, 3.05) is 13.2 Å². The van der Waals surface area contributed by atoms with Crippen molar-refractivity contribution in [1.29, 1.82) is 0 Å². The summed E-state index contributed by atoms with van der Waals surface area (Å²) in [4.78, 5) is 10.8. The summed E-state index contributed by atoms with van der Waals surface area (Å²) in [6.45, 7) is 1.21. The highest BCUT2D eigenvalue weighted by Gasteiger charge is 2.18. The van der Waals surface area contributed by atoms with Gasteiger partial charge in [0.15, 0.2) is 6.29 Å². The maximum atomic E-state index is 10.8. The molecule has 1 fully saturated rings. The lowest BCUT2D eigenvalue weighted by Gasteiger charge is -2.09. The predicted molar refractivity (Wildman–Crippen MR) is 65.6 cm³/mol. The van der Waals surface area contributed by atoms with Crippen LogP contribution in [-0.2, 0) is 9.47 Å². The third kappa shape index (κ3) is 2.35. The van der Waals surface area contributed by atoms with E-state index in [2.05, 4.69) is 10.2 Å². The van der Waals surface area contributed by atoms with Gasteiger partial charge in [-0.3, -0.25) is 5.10 Å². The number of rotatable bonds is 3. The van der Waals surface area contributed by atoms with Crippen LogP contribution in [0.1, 0.15) is 22.3 Å². The van der Waals surface area contributed by atoms with Crippen molar-refractivity contribution in [2.24, 2.45) is 0 Å². The molecule has 2 heterocycles. The minimum absolute atomic E-state index is 0.0709. The van der Waals surface area contributed by atoms with Crippen LogP contribution in [0.15, 0.2) is 30.3 Å². The number of aromatic amines is 1. The van der Waals surface area contributed by atoms with Crippen LogP contribution in [0.25, 0.3) is 11.3 Å². The molecule has 0 atom stereocenters. The monoisotopic (exact) mass is 260 g/mol. The zero-order chi connectivity index (χ0) is 13.2. The summed E-state index contributed by atoms with van der Waals surface area (Å²) in [6.07, 6.45) is -0.303. The number of nitrogens with one attached hydrogen (secondary N) is 1. The van der Waals surface area contributed by atoms with E-state index in [-0.39, 0.29) is 12.0 Å². The Hall–Kier alpha value is -2.18. The van der Waals surface area contributed by atoms with Crippen molar-refractivity contribution in [2.45, 2.75) is 6.29 Å². The molecule has 6 nitrogen and oxygen atoms in total. The number of ether oxygens (including phenoxy) is 2. The highest BCUT2D eigenvalue weighted by Crippen LogP contribution is 2.26. The van der Waals surface area contributed by atoms with Gasteiger partial charge in [0.1, 0.15) is 5.69 Å². The first kappa shape index (κ1) is 11.9. The standard InChI is InChI=1S/C13H12N2O4/c16-12(17)11-7-10(14-15-11)8-1-3-9(4-2-8)13-18-5-6-19-13/h1-4,7,13H,5-6H2,(H,14,15)(H,16,17). The van der Waals surface area contributed by atoms with E-state index in [1.54, 1.807) is 0 Å². The normalized spacial score (nSPS) is 15.8. The van der Waals surface area contributed by atoms with E-state index in [9.17, 15) is 4.79 Å². The fourth-order valence-corrected chi connectivity index (χ4v) is 1.94. The first-order valence-corrected chi connectivity index (χ1v) is 5.86. The van der Waals surface area contributed by atoms with E-state index >= 15 is 0 Å². The highest BCUT2D eigenvalue weighted by atomic mass is 16.7. The second-order valence-electron chi connectivity index (χ2n) is 4.17. The maximum Gasteiger partial charge on any atom is 0.353 e. The summed E-state index contributed by atoms with van der Waals surface area (Å²) in [6, 6.07) is 9.01. The molecule has 2 N–H and O–H groups in total. The lowest BCUT2D eigenvalue weighted by molar-refractivity contribution is -0.0441. The lowest BCUT2D eigenvalue weighted by Crippen LogP contribution is -1.97. The van der Waals surface area contributed by atoms with Gasteiger partial charge in [-0.25, -0.2) is 4.79 Å². The first-order valence-electron chi connectivity index (χ1n) is 5.86. The van der Waals surface area contributed by atoms with Crippen LogP contribution >= 0.6 is 0 Å². The van der Waals surface area contributed by atoms with Crippen LogP contribution in [0.2, 0.25) is 0 Å². The third-order valence-electron chi connectivity index (χ3n) is 2.91. The zero-order valence-corrected chi connectivity index (χ0v) is 10.00. The van der Waals surface area contributed by atoms with Crippen molar-refractivity contribution < 1.29 is 19.4 Å². The molecule has 1 aliphatic rings. The lowest BCUT2D eigenvalue weighted by atomic mass is 10.1. The fraction of sp³-hybridized carbons (Fsp3) is 0.231. The number of hydrogen-bond acceptors (Lipinski definition) is 4. The third-order valence-corrected chi connectivity index (χ3v) is 2.91. The Balaban J connectivity index is 1.82. The number of nitrogens with zero attached hydrogens (tertiary/aromatic N) is 1. The number of carboxylic acid groups (broad SMARTS) is 1. The second kappa shape index (κ2) is 4.83. The van der Waals surface area contributed by atoms with Gasteiger partial charge >= 0.3 is 5.97 Å². The largest absolute Gasteiger partial charge is 0.477 e. The van der Waals surface area contributed by atoms with E-state index < -0.39 is 5.97 Å². The minimum atomic E-state index is -1.02. The molecule has 0 bridgehead atoms. The van der Waals surface area contributed by atoms with Crippen molar-refractivity contribution in [3.8, 4) is 11.3 Å². The van der Waals surface area contributed by atoms with Crippen molar-refractivity contribution in [1.82, 2.24) is 10.2 Å². The zero-order valence-electron chi connectivity index (χ0n) is 10.00. The molecule has 19 heavy (non-hydrogen) atoms. The van der Waals surface area contributed by atoms with E-state index in [0.29, 0.717) is 18.9 Å². The Labute approximate surface area is 109 Å². The Kier molecular flexibility index (Phi) is 3.02. The van der Waals surface area contributed by atoms with Gasteiger partial charge in [0, 0.05) is 11.1 Å². The molecular weight excluding hydrogens is 248 g/mol. The van der Waals surface area contributed by atoms with E-state index in [1.807, 2.05) is 24.3 Å². The summed E-state index contributed by atoms with van der Waals surface area (Å²) in [5.74, 6) is -1.02. The summed E-state index contributed by atoms with van der Waals surface area (Å²) < 4.78 is 10.8. The van der Waals surface area contributed by atoms with Crippen molar-refractivity contribution in [3.05, 3.63) is 41.6 Å². The quantitative estimate of drug-likeness (QED) is 0.879. The summed E-state index contributed by atoms with van der Waals surface area (Å²) in [5, 5.41) is 15.3.